The molecule has 2 aromatic carbocycles. The van der Waals surface area contributed by atoms with Gasteiger partial charge in [-0.3, -0.25) is 9.59 Å². The molecule has 7 nitrogen and oxygen atoms in total. The number of aromatic nitrogens is 2. The second kappa shape index (κ2) is 7.10. The van der Waals surface area contributed by atoms with Gasteiger partial charge in [0.1, 0.15) is 11.3 Å². The summed E-state index contributed by atoms with van der Waals surface area (Å²) < 4.78 is 6.14. The Balaban J connectivity index is 2.03. The number of para-hydroxylation sites is 1. The lowest BCUT2D eigenvalue weighted by atomic mass is 10.2. The van der Waals surface area contributed by atoms with Crippen molar-refractivity contribution in [3.8, 4) is 11.4 Å². The summed E-state index contributed by atoms with van der Waals surface area (Å²) in [5, 5.41) is 2.66. The van der Waals surface area contributed by atoms with Gasteiger partial charge in [0, 0.05) is 6.20 Å². The molecule has 0 aliphatic carbocycles. The Morgan fingerprint density at radius 2 is 1.85 bits per heavy atom. The van der Waals surface area contributed by atoms with E-state index < -0.39 is 17.2 Å². The number of ether oxygens (including phenoxy) is 1. The fourth-order valence-electron chi connectivity index (χ4n) is 2.56. The van der Waals surface area contributed by atoms with Crippen LogP contribution in [0.15, 0.2) is 64.3 Å². The summed E-state index contributed by atoms with van der Waals surface area (Å²) in [6.07, 6.45) is 1.11. The van der Waals surface area contributed by atoms with Gasteiger partial charge in [-0.2, -0.15) is 0 Å². The molecule has 7 heteroatoms. The highest BCUT2D eigenvalue weighted by atomic mass is 16.5. The number of benzene rings is 2. The molecule has 1 aromatic heterocycles. The molecular formula is C19H17N3O4. The number of nitrogens with one attached hydrogen (secondary N) is 2. The number of H-pyrrole nitrogens is 1. The molecule has 0 saturated heterocycles. The fourth-order valence-corrected chi connectivity index (χ4v) is 2.56. The number of rotatable bonds is 4. The van der Waals surface area contributed by atoms with E-state index in [1.807, 2.05) is 13.0 Å². The molecule has 1 amide bonds. The Labute approximate surface area is 148 Å². The van der Waals surface area contributed by atoms with Gasteiger partial charge in [0.15, 0.2) is 0 Å². The first-order chi connectivity index (χ1) is 12.5. The van der Waals surface area contributed by atoms with Gasteiger partial charge in [-0.25, -0.2) is 9.36 Å². The van der Waals surface area contributed by atoms with E-state index in [0.29, 0.717) is 17.1 Å². The third kappa shape index (κ3) is 3.27. The molecule has 0 unspecified atom stereocenters. The second-order valence-corrected chi connectivity index (χ2v) is 5.64. The van der Waals surface area contributed by atoms with E-state index >= 15 is 0 Å². The van der Waals surface area contributed by atoms with Crippen LogP contribution in [0.3, 0.4) is 0 Å². The third-order valence-electron chi connectivity index (χ3n) is 3.84. The van der Waals surface area contributed by atoms with Crippen molar-refractivity contribution in [2.24, 2.45) is 0 Å². The summed E-state index contributed by atoms with van der Waals surface area (Å²) >= 11 is 0. The summed E-state index contributed by atoms with van der Waals surface area (Å²) in [6, 6.07) is 13.7. The zero-order valence-corrected chi connectivity index (χ0v) is 14.3. The molecule has 1 heterocycles. The number of anilines is 1. The predicted molar refractivity (Wildman–Crippen MR) is 98.3 cm³/mol. The minimum atomic E-state index is -0.705. The van der Waals surface area contributed by atoms with Gasteiger partial charge >= 0.3 is 5.69 Å². The molecule has 0 aliphatic heterocycles. The van der Waals surface area contributed by atoms with Crippen molar-refractivity contribution in [3.05, 3.63) is 86.7 Å². The Bertz CT molecular complexity index is 1070. The topological polar surface area (TPSA) is 93.2 Å². The highest BCUT2D eigenvalue weighted by Gasteiger charge is 2.17. The number of carbonyl (C=O) groups is 1. The van der Waals surface area contributed by atoms with Crippen molar-refractivity contribution in [1.82, 2.24) is 9.55 Å². The molecule has 0 saturated carbocycles. The molecular weight excluding hydrogens is 334 g/mol. The van der Waals surface area contributed by atoms with Crippen LogP contribution in [0.5, 0.6) is 5.75 Å². The lowest BCUT2D eigenvalue weighted by Crippen LogP contribution is -2.38. The van der Waals surface area contributed by atoms with Crippen LogP contribution in [-0.4, -0.2) is 22.6 Å². The second-order valence-electron chi connectivity index (χ2n) is 5.64. The van der Waals surface area contributed by atoms with Gasteiger partial charge in [-0.1, -0.05) is 24.3 Å². The number of hydrogen-bond donors (Lipinski definition) is 2. The normalized spacial score (nSPS) is 10.4. The van der Waals surface area contributed by atoms with E-state index in [1.165, 1.54) is 7.11 Å². The van der Waals surface area contributed by atoms with Crippen molar-refractivity contribution < 1.29 is 9.53 Å². The van der Waals surface area contributed by atoms with Crippen LogP contribution in [0.4, 0.5) is 5.69 Å². The zero-order chi connectivity index (χ0) is 18.7. The van der Waals surface area contributed by atoms with Gasteiger partial charge in [0.2, 0.25) is 0 Å². The van der Waals surface area contributed by atoms with Gasteiger partial charge < -0.3 is 15.0 Å². The predicted octanol–water partition coefficient (Wildman–Crippen LogP) is 2.10. The Morgan fingerprint density at radius 1 is 1.12 bits per heavy atom. The van der Waals surface area contributed by atoms with Crippen LogP contribution >= 0.6 is 0 Å². The molecule has 0 atom stereocenters. The molecule has 132 valence electrons. The molecule has 0 bridgehead atoms. The molecule has 0 aliphatic rings. The smallest absolute Gasteiger partial charge is 0.333 e. The van der Waals surface area contributed by atoms with Gasteiger partial charge in [-0.05, 0) is 36.8 Å². The van der Waals surface area contributed by atoms with Crippen LogP contribution in [0.1, 0.15) is 15.9 Å². The number of aryl methyl sites for hydroxylation is 1. The Kier molecular flexibility index (Phi) is 4.70. The van der Waals surface area contributed by atoms with E-state index in [9.17, 15) is 14.4 Å². The minimum absolute atomic E-state index is 0.183. The monoisotopic (exact) mass is 351 g/mol. The summed E-state index contributed by atoms with van der Waals surface area (Å²) in [6.45, 7) is 1.87. The molecule has 3 aromatic rings. The van der Waals surface area contributed by atoms with Crippen molar-refractivity contribution in [2.75, 3.05) is 12.4 Å². The van der Waals surface area contributed by atoms with E-state index in [4.69, 9.17) is 4.74 Å². The first-order valence-corrected chi connectivity index (χ1v) is 7.87. The van der Waals surface area contributed by atoms with E-state index in [-0.39, 0.29) is 5.56 Å². The number of carbonyl (C=O) groups excluding carboxylic acids is 1. The van der Waals surface area contributed by atoms with Crippen LogP contribution in [0, 0.1) is 6.92 Å². The maximum absolute atomic E-state index is 12.7. The van der Waals surface area contributed by atoms with Gasteiger partial charge in [0.25, 0.3) is 11.5 Å². The first-order valence-electron chi connectivity index (χ1n) is 7.87. The maximum atomic E-state index is 12.7. The standard InChI is InChI=1S/C19H17N3O4/c1-12-8-9-16(26-2)15(10-12)21-17(23)14-11-20-19(25)22(18(14)24)13-6-4-3-5-7-13/h3-11H,1-2H3,(H,20,25)(H,21,23). The SMILES string of the molecule is COc1ccc(C)cc1NC(=O)c1c[nH]c(=O)n(-c2ccccc2)c1=O. The van der Waals surface area contributed by atoms with E-state index in [0.717, 1.165) is 16.3 Å². The number of amides is 1. The fraction of sp³-hybridized carbons (Fsp3) is 0.105. The summed E-state index contributed by atoms with van der Waals surface area (Å²) in [7, 11) is 1.49. The van der Waals surface area contributed by atoms with Crippen molar-refractivity contribution in [3.63, 3.8) is 0 Å². The number of aromatic amines is 1. The average molecular weight is 351 g/mol. The van der Waals surface area contributed by atoms with Crippen molar-refractivity contribution >= 4 is 11.6 Å². The summed E-state index contributed by atoms with van der Waals surface area (Å²) in [5.74, 6) is -0.170. The molecule has 3 rings (SSSR count). The Hall–Kier alpha value is -3.61. The molecule has 26 heavy (non-hydrogen) atoms. The van der Waals surface area contributed by atoms with Crippen LogP contribution in [0.25, 0.3) is 5.69 Å². The Morgan fingerprint density at radius 3 is 2.54 bits per heavy atom. The van der Waals surface area contributed by atoms with Crippen molar-refractivity contribution in [2.45, 2.75) is 6.92 Å². The summed E-state index contributed by atoms with van der Waals surface area (Å²) in [4.78, 5) is 39.8. The van der Waals surface area contributed by atoms with Crippen LogP contribution < -0.4 is 21.3 Å². The summed E-state index contributed by atoms with van der Waals surface area (Å²) in [5.41, 5.74) is 0.229. The van der Waals surface area contributed by atoms with Gasteiger partial charge in [-0.15, -0.1) is 0 Å². The quantitative estimate of drug-likeness (QED) is 0.753. The number of hydrogen-bond acceptors (Lipinski definition) is 4. The number of nitrogens with zero attached hydrogens (tertiary/aromatic N) is 1. The third-order valence-corrected chi connectivity index (χ3v) is 3.84. The highest BCUT2D eigenvalue weighted by Crippen LogP contribution is 2.25. The lowest BCUT2D eigenvalue weighted by Gasteiger charge is -2.11. The van der Waals surface area contributed by atoms with E-state index in [2.05, 4.69) is 10.3 Å². The first kappa shape index (κ1) is 17.2. The largest absolute Gasteiger partial charge is 0.495 e. The van der Waals surface area contributed by atoms with Crippen LogP contribution in [0.2, 0.25) is 0 Å². The van der Waals surface area contributed by atoms with E-state index in [1.54, 1.807) is 42.5 Å². The minimum Gasteiger partial charge on any atom is -0.495 e. The maximum Gasteiger partial charge on any atom is 0.333 e. The molecule has 0 spiro atoms. The molecule has 0 radical (unpaired) electrons. The lowest BCUT2D eigenvalue weighted by molar-refractivity contribution is 0.102. The van der Waals surface area contributed by atoms with Gasteiger partial charge in [0.05, 0.1) is 18.5 Å². The zero-order valence-electron chi connectivity index (χ0n) is 14.3. The molecule has 0 fully saturated rings. The van der Waals surface area contributed by atoms with Crippen LogP contribution in [-0.2, 0) is 0 Å². The molecule has 2 N–H and O–H groups in total. The average Bonchev–Trinajstić information content (AvgIpc) is 2.63. The van der Waals surface area contributed by atoms with Crippen molar-refractivity contribution in [1.29, 1.82) is 0 Å². The number of methoxy groups -OCH3 is 1. The highest BCUT2D eigenvalue weighted by molar-refractivity contribution is 6.04.